The van der Waals surface area contributed by atoms with E-state index >= 15 is 0 Å². The Morgan fingerprint density at radius 1 is 1.33 bits per heavy atom. The molecule has 21 heavy (non-hydrogen) atoms. The van der Waals surface area contributed by atoms with Crippen molar-refractivity contribution in [2.24, 2.45) is 11.1 Å². The summed E-state index contributed by atoms with van der Waals surface area (Å²) in [6, 6.07) is 5.96. The average Bonchev–Trinajstić information content (AvgIpc) is 2.52. The number of pyridine rings is 1. The first-order chi connectivity index (χ1) is 10.1. The van der Waals surface area contributed by atoms with Crippen LogP contribution in [-0.4, -0.2) is 28.9 Å². The lowest BCUT2D eigenvalue weighted by atomic mass is 9.73. The first-order valence-electron chi connectivity index (χ1n) is 8.03. The van der Waals surface area contributed by atoms with Crippen molar-refractivity contribution in [3.05, 3.63) is 29.6 Å². The maximum Gasteiger partial charge on any atom is 0.230 e. The standard InChI is InChI=1S/C17H27N3O/c1-3-20(12-15-9-7-8-14(2)19-15)16(21)17(13-18)10-5-4-6-11-17/h7-9H,3-6,10-13,18H2,1-2H3. The highest BCUT2D eigenvalue weighted by Crippen LogP contribution is 2.37. The molecule has 1 aliphatic carbocycles. The van der Waals surface area contributed by atoms with Crippen LogP contribution in [0.1, 0.15) is 50.4 Å². The number of nitrogens with two attached hydrogens (primary N) is 1. The summed E-state index contributed by atoms with van der Waals surface area (Å²) in [5.74, 6) is 0.218. The maximum absolute atomic E-state index is 13.0. The number of rotatable bonds is 5. The number of aryl methyl sites for hydroxylation is 1. The van der Waals surface area contributed by atoms with Gasteiger partial charge in [0.25, 0.3) is 0 Å². The Bertz CT molecular complexity index is 481. The molecule has 0 spiro atoms. The third-order valence-corrected chi connectivity index (χ3v) is 4.62. The highest BCUT2D eigenvalue weighted by Gasteiger charge is 2.40. The predicted molar refractivity (Wildman–Crippen MR) is 84.6 cm³/mol. The first kappa shape index (κ1) is 16.0. The van der Waals surface area contributed by atoms with Crippen molar-refractivity contribution in [2.75, 3.05) is 13.1 Å². The normalized spacial score (nSPS) is 17.5. The quantitative estimate of drug-likeness (QED) is 0.906. The zero-order valence-electron chi connectivity index (χ0n) is 13.3. The summed E-state index contributed by atoms with van der Waals surface area (Å²) in [6.07, 6.45) is 5.31. The molecule has 0 unspecified atom stereocenters. The molecular weight excluding hydrogens is 262 g/mol. The van der Waals surface area contributed by atoms with E-state index in [1.165, 1.54) is 6.42 Å². The molecule has 0 atom stereocenters. The molecule has 2 rings (SSSR count). The molecule has 0 bridgehead atoms. The van der Waals surface area contributed by atoms with E-state index in [1.807, 2.05) is 36.9 Å². The van der Waals surface area contributed by atoms with E-state index < -0.39 is 0 Å². The Labute approximate surface area is 127 Å². The lowest BCUT2D eigenvalue weighted by Crippen LogP contribution is -2.48. The Morgan fingerprint density at radius 3 is 2.62 bits per heavy atom. The SMILES string of the molecule is CCN(Cc1cccc(C)n1)C(=O)C1(CN)CCCCC1. The van der Waals surface area contributed by atoms with E-state index in [2.05, 4.69) is 4.98 Å². The van der Waals surface area contributed by atoms with E-state index in [0.717, 1.165) is 37.1 Å². The Morgan fingerprint density at radius 2 is 2.05 bits per heavy atom. The molecule has 2 N–H and O–H groups in total. The first-order valence-corrected chi connectivity index (χ1v) is 8.03. The van der Waals surface area contributed by atoms with Gasteiger partial charge in [-0.05, 0) is 38.8 Å². The molecule has 1 amide bonds. The van der Waals surface area contributed by atoms with Crippen molar-refractivity contribution < 1.29 is 4.79 Å². The topological polar surface area (TPSA) is 59.2 Å². The molecule has 1 aliphatic rings. The van der Waals surface area contributed by atoms with Crippen LogP contribution in [0, 0.1) is 12.3 Å². The fraction of sp³-hybridized carbons (Fsp3) is 0.647. The molecule has 1 aromatic rings. The predicted octanol–water partition coefficient (Wildman–Crippen LogP) is 2.65. The van der Waals surface area contributed by atoms with Gasteiger partial charge in [0.05, 0.1) is 17.7 Å². The van der Waals surface area contributed by atoms with Gasteiger partial charge >= 0.3 is 0 Å². The third kappa shape index (κ3) is 3.62. The average molecular weight is 289 g/mol. The lowest BCUT2D eigenvalue weighted by molar-refractivity contribution is -0.144. The van der Waals surface area contributed by atoms with E-state index in [9.17, 15) is 4.79 Å². The molecule has 0 aromatic carbocycles. The summed E-state index contributed by atoms with van der Waals surface area (Å²) in [7, 11) is 0. The second-order valence-corrected chi connectivity index (χ2v) is 6.13. The highest BCUT2D eigenvalue weighted by atomic mass is 16.2. The van der Waals surface area contributed by atoms with Crippen LogP contribution < -0.4 is 5.73 Å². The van der Waals surface area contributed by atoms with E-state index in [0.29, 0.717) is 19.6 Å². The van der Waals surface area contributed by atoms with Crippen molar-refractivity contribution in [1.82, 2.24) is 9.88 Å². The summed E-state index contributed by atoms with van der Waals surface area (Å²) in [6.45, 7) is 5.75. The van der Waals surface area contributed by atoms with E-state index in [1.54, 1.807) is 0 Å². The molecule has 4 nitrogen and oxygen atoms in total. The fourth-order valence-electron chi connectivity index (χ4n) is 3.28. The maximum atomic E-state index is 13.0. The monoisotopic (exact) mass is 289 g/mol. The van der Waals surface area contributed by atoms with Gasteiger partial charge < -0.3 is 10.6 Å². The second-order valence-electron chi connectivity index (χ2n) is 6.13. The van der Waals surface area contributed by atoms with Crippen LogP contribution in [0.4, 0.5) is 0 Å². The summed E-state index contributed by atoms with van der Waals surface area (Å²) >= 11 is 0. The molecule has 1 saturated carbocycles. The molecule has 4 heteroatoms. The molecule has 1 fully saturated rings. The number of hydrogen-bond acceptors (Lipinski definition) is 3. The van der Waals surface area contributed by atoms with Gasteiger partial charge in [0.2, 0.25) is 5.91 Å². The fourth-order valence-corrected chi connectivity index (χ4v) is 3.28. The summed E-state index contributed by atoms with van der Waals surface area (Å²) in [5.41, 5.74) is 7.59. The molecule has 0 saturated heterocycles. The number of aromatic nitrogens is 1. The van der Waals surface area contributed by atoms with Gasteiger partial charge in [-0.2, -0.15) is 0 Å². The summed E-state index contributed by atoms with van der Waals surface area (Å²) in [5, 5.41) is 0. The van der Waals surface area contributed by atoms with Crippen LogP contribution in [-0.2, 0) is 11.3 Å². The number of amides is 1. The Hall–Kier alpha value is -1.42. The van der Waals surface area contributed by atoms with E-state index in [4.69, 9.17) is 5.73 Å². The highest BCUT2D eigenvalue weighted by molar-refractivity contribution is 5.83. The Balaban J connectivity index is 2.14. The minimum atomic E-state index is -0.335. The lowest BCUT2D eigenvalue weighted by Gasteiger charge is -2.38. The summed E-state index contributed by atoms with van der Waals surface area (Å²) in [4.78, 5) is 19.4. The van der Waals surface area contributed by atoms with Gasteiger partial charge in [-0.3, -0.25) is 9.78 Å². The molecule has 0 aliphatic heterocycles. The molecule has 1 aromatic heterocycles. The van der Waals surface area contributed by atoms with E-state index in [-0.39, 0.29) is 11.3 Å². The van der Waals surface area contributed by atoms with Gasteiger partial charge in [-0.1, -0.05) is 25.3 Å². The zero-order valence-corrected chi connectivity index (χ0v) is 13.3. The smallest absolute Gasteiger partial charge is 0.230 e. The largest absolute Gasteiger partial charge is 0.337 e. The number of nitrogens with zero attached hydrogens (tertiary/aromatic N) is 2. The summed E-state index contributed by atoms with van der Waals surface area (Å²) < 4.78 is 0. The zero-order chi connectivity index (χ0) is 15.3. The van der Waals surface area contributed by atoms with Crippen molar-refractivity contribution in [1.29, 1.82) is 0 Å². The molecule has 1 heterocycles. The van der Waals surface area contributed by atoms with Crippen molar-refractivity contribution >= 4 is 5.91 Å². The van der Waals surface area contributed by atoms with Gasteiger partial charge in [-0.25, -0.2) is 0 Å². The van der Waals surface area contributed by atoms with Crippen LogP contribution in [0.5, 0.6) is 0 Å². The molecule has 0 radical (unpaired) electrons. The number of hydrogen-bond donors (Lipinski definition) is 1. The van der Waals surface area contributed by atoms with Gasteiger partial charge in [0.1, 0.15) is 0 Å². The minimum absolute atomic E-state index is 0.218. The van der Waals surface area contributed by atoms with Crippen molar-refractivity contribution in [3.8, 4) is 0 Å². The van der Waals surface area contributed by atoms with Gasteiger partial charge in [0.15, 0.2) is 0 Å². The van der Waals surface area contributed by atoms with Crippen LogP contribution in [0.15, 0.2) is 18.2 Å². The molecular formula is C17H27N3O. The van der Waals surface area contributed by atoms with Crippen LogP contribution in [0.2, 0.25) is 0 Å². The third-order valence-electron chi connectivity index (χ3n) is 4.62. The van der Waals surface area contributed by atoms with Crippen LogP contribution in [0.25, 0.3) is 0 Å². The Kier molecular flexibility index (Phi) is 5.34. The van der Waals surface area contributed by atoms with Gasteiger partial charge in [-0.15, -0.1) is 0 Å². The van der Waals surface area contributed by atoms with Crippen molar-refractivity contribution in [2.45, 2.75) is 52.5 Å². The van der Waals surface area contributed by atoms with Crippen LogP contribution in [0.3, 0.4) is 0 Å². The van der Waals surface area contributed by atoms with Crippen molar-refractivity contribution in [3.63, 3.8) is 0 Å². The van der Waals surface area contributed by atoms with Crippen LogP contribution >= 0.6 is 0 Å². The second kappa shape index (κ2) is 7.03. The molecule has 116 valence electrons. The number of carbonyl (C=O) groups is 1. The minimum Gasteiger partial charge on any atom is -0.337 e. The number of carbonyl (C=O) groups excluding carboxylic acids is 1. The van der Waals surface area contributed by atoms with Gasteiger partial charge in [0, 0.05) is 18.8 Å².